The fraction of sp³-hybridized carbons (Fsp3) is 0.400. The Kier molecular flexibility index (Phi) is 6.11. The molecule has 0 radical (unpaired) electrons. The van der Waals surface area contributed by atoms with Crippen LogP contribution >= 0.6 is 0 Å². The van der Waals surface area contributed by atoms with Gasteiger partial charge in [0.1, 0.15) is 0 Å². The van der Waals surface area contributed by atoms with Crippen molar-refractivity contribution in [3.05, 3.63) is 59.0 Å². The van der Waals surface area contributed by atoms with Crippen LogP contribution in [0.4, 0.5) is 11.4 Å². The van der Waals surface area contributed by atoms with Gasteiger partial charge in [0.15, 0.2) is 5.43 Å². The molecular formula is C25H31N7O. The molecule has 8 nitrogen and oxygen atoms in total. The summed E-state index contributed by atoms with van der Waals surface area (Å²) in [6, 6.07) is 11.4. The largest absolute Gasteiger partial charge is 0.369 e. The van der Waals surface area contributed by atoms with Gasteiger partial charge in [0.25, 0.3) is 0 Å². The van der Waals surface area contributed by atoms with E-state index in [1.807, 2.05) is 24.5 Å². The quantitative estimate of drug-likeness (QED) is 0.659. The molecule has 0 saturated carbocycles. The zero-order chi connectivity index (χ0) is 22.8. The average molecular weight is 446 g/mol. The molecule has 2 fully saturated rings. The van der Waals surface area contributed by atoms with Crippen molar-refractivity contribution in [2.45, 2.75) is 0 Å². The van der Waals surface area contributed by atoms with E-state index < -0.39 is 0 Å². The van der Waals surface area contributed by atoms with Crippen molar-refractivity contribution < 1.29 is 0 Å². The Morgan fingerprint density at radius 3 is 1.52 bits per heavy atom. The molecule has 0 aromatic carbocycles. The van der Waals surface area contributed by atoms with Gasteiger partial charge in [-0.2, -0.15) is 0 Å². The van der Waals surface area contributed by atoms with Crippen LogP contribution in [-0.4, -0.2) is 91.2 Å². The summed E-state index contributed by atoms with van der Waals surface area (Å²) in [6.45, 7) is 8.11. The number of hydrogen-bond donors (Lipinski definition) is 1. The van der Waals surface area contributed by atoms with Crippen LogP contribution in [0, 0.1) is 0 Å². The van der Waals surface area contributed by atoms with Crippen molar-refractivity contribution >= 4 is 11.4 Å². The Morgan fingerprint density at radius 2 is 1.09 bits per heavy atom. The summed E-state index contributed by atoms with van der Waals surface area (Å²) in [4.78, 5) is 34.5. The Hall–Kier alpha value is -3.23. The number of nitrogens with one attached hydrogen (secondary N) is 1. The van der Waals surface area contributed by atoms with E-state index in [1.165, 1.54) is 0 Å². The predicted molar refractivity (Wildman–Crippen MR) is 133 cm³/mol. The Labute approximate surface area is 194 Å². The van der Waals surface area contributed by atoms with Gasteiger partial charge >= 0.3 is 0 Å². The molecule has 0 spiro atoms. The van der Waals surface area contributed by atoms with Gasteiger partial charge < -0.3 is 24.6 Å². The second-order valence-electron chi connectivity index (χ2n) is 9.02. The minimum atomic E-state index is -0.0580. The molecule has 1 N–H and O–H groups in total. The number of pyridine rings is 3. The van der Waals surface area contributed by atoms with E-state index in [2.05, 4.69) is 60.8 Å². The van der Waals surface area contributed by atoms with E-state index in [0.29, 0.717) is 11.4 Å². The lowest BCUT2D eigenvalue weighted by molar-refractivity contribution is 0.313. The van der Waals surface area contributed by atoms with E-state index >= 15 is 0 Å². The molecule has 172 valence electrons. The van der Waals surface area contributed by atoms with Crippen molar-refractivity contribution in [2.24, 2.45) is 0 Å². The number of hydrogen-bond acceptors (Lipinski definition) is 7. The summed E-state index contributed by atoms with van der Waals surface area (Å²) < 4.78 is 0. The number of rotatable bonds is 4. The summed E-state index contributed by atoms with van der Waals surface area (Å²) in [5, 5.41) is 0. The normalized spacial score (nSPS) is 18.0. The predicted octanol–water partition coefficient (Wildman–Crippen LogP) is 2.00. The van der Waals surface area contributed by atoms with Crippen LogP contribution in [0.2, 0.25) is 0 Å². The van der Waals surface area contributed by atoms with E-state index in [-0.39, 0.29) is 5.43 Å². The second kappa shape index (κ2) is 9.33. The second-order valence-corrected chi connectivity index (χ2v) is 9.02. The molecular weight excluding hydrogens is 414 g/mol. The van der Waals surface area contributed by atoms with Gasteiger partial charge in [0.05, 0.1) is 22.8 Å². The van der Waals surface area contributed by atoms with Crippen LogP contribution in [0.25, 0.3) is 22.8 Å². The van der Waals surface area contributed by atoms with E-state index in [4.69, 9.17) is 0 Å². The third-order valence-corrected chi connectivity index (χ3v) is 6.62. The Morgan fingerprint density at radius 1 is 0.667 bits per heavy atom. The maximum Gasteiger partial charge on any atom is 0.182 e. The minimum absolute atomic E-state index is 0.0580. The number of likely N-dealkylation sites (N-methyl/N-ethyl adjacent to an activating group) is 2. The zero-order valence-corrected chi connectivity index (χ0v) is 19.4. The molecule has 0 bridgehead atoms. The zero-order valence-electron chi connectivity index (χ0n) is 19.4. The molecule has 3 aromatic heterocycles. The van der Waals surface area contributed by atoms with Crippen LogP contribution in [-0.2, 0) is 0 Å². The van der Waals surface area contributed by atoms with Gasteiger partial charge in [0, 0.05) is 88.3 Å². The first-order valence-electron chi connectivity index (χ1n) is 11.6. The molecule has 0 aliphatic carbocycles. The van der Waals surface area contributed by atoms with Gasteiger partial charge in [-0.25, -0.2) is 0 Å². The summed E-state index contributed by atoms with van der Waals surface area (Å²) in [5.41, 5.74) is 5.16. The number of aromatic amines is 1. The number of nitrogens with zero attached hydrogens (tertiary/aromatic N) is 6. The van der Waals surface area contributed by atoms with E-state index in [1.54, 1.807) is 12.1 Å². The van der Waals surface area contributed by atoms with Crippen LogP contribution in [0.1, 0.15) is 0 Å². The summed E-state index contributed by atoms with van der Waals surface area (Å²) in [5.74, 6) is 0. The first kappa shape index (κ1) is 21.6. The Bertz CT molecular complexity index is 1070. The molecule has 2 saturated heterocycles. The lowest BCUT2D eigenvalue weighted by atomic mass is 10.1. The van der Waals surface area contributed by atoms with Gasteiger partial charge in [-0.1, -0.05) is 0 Å². The lowest BCUT2D eigenvalue weighted by Gasteiger charge is -2.34. The first-order chi connectivity index (χ1) is 16.0. The smallest absolute Gasteiger partial charge is 0.182 e. The van der Waals surface area contributed by atoms with Crippen LogP contribution in [0.3, 0.4) is 0 Å². The average Bonchev–Trinajstić information content (AvgIpc) is 2.85. The molecule has 0 unspecified atom stereocenters. The highest BCUT2D eigenvalue weighted by Crippen LogP contribution is 2.25. The van der Waals surface area contributed by atoms with Crippen molar-refractivity contribution in [3.63, 3.8) is 0 Å². The first-order valence-corrected chi connectivity index (χ1v) is 11.6. The number of piperazine rings is 2. The molecule has 5 rings (SSSR count). The topological polar surface area (TPSA) is 71.6 Å². The maximum absolute atomic E-state index is 12.6. The fourth-order valence-electron chi connectivity index (χ4n) is 4.48. The van der Waals surface area contributed by atoms with E-state index in [9.17, 15) is 4.79 Å². The maximum atomic E-state index is 12.6. The molecule has 33 heavy (non-hydrogen) atoms. The van der Waals surface area contributed by atoms with Gasteiger partial charge in [0.2, 0.25) is 0 Å². The highest BCUT2D eigenvalue weighted by atomic mass is 16.1. The standard InChI is InChI=1S/C25H31N7O/c1-29-7-11-31(12-8-29)19-3-5-26-22(15-19)24-17-21(33)18-25(28-24)23-16-20(4-6-27-23)32-13-9-30(2)10-14-32/h3-6,15-18H,7-14H2,1-2H3,(H,28,33). The van der Waals surface area contributed by atoms with Crippen molar-refractivity contribution in [1.82, 2.24) is 24.8 Å². The molecule has 0 amide bonds. The highest BCUT2D eigenvalue weighted by Gasteiger charge is 2.17. The van der Waals surface area contributed by atoms with E-state index in [0.717, 1.165) is 75.1 Å². The third-order valence-electron chi connectivity index (χ3n) is 6.62. The SMILES string of the molecule is CN1CCN(c2ccnc(-c3cc(=O)cc(-c4cc(N5CCN(C)CC5)ccn4)[nH]3)c2)CC1. The molecule has 0 atom stereocenters. The molecule has 8 heteroatoms. The summed E-state index contributed by atoms with van der Waals surface area (Å²) in [7, 11) is 4.30. The highest BCUT2D eigenvalue weighted by molar-refractivity contribution is 5.67. The molecule has 3 aromatic rings. The summed E-state index contributed by atoms with van der Waals surface area (Å²) in [6.07, 6.45) is 3.64. The van der Waals surface area contributed by atoms with Gasteiger partial charge in [-0.15, -0.1) is 0 Å². The summed E-state index contributed by atoms with van der Waals surface area (Å²) >= 11 is 0. The minimum Gasteiger partial charge on any atom is -0.369 e. The van der Waals surface area contributed by atoms with Crippen molar-refractivity contribution in [1.29, 1.82) is 0 Å². The van der Waals surface area contributed by atoms with Crippen LogP contribution < -0.4 is 15.2 Å². The van der Waals surface area contributed by atoms with Crippen molar-refractivity contribution in [2.75, 3.05) is 76.3 Å². The lowest BCUT2D eigenvalue weighted by Crippen LogP contribution is -2.44. The Balaban J connectivity index is 1.43. The molecule has 2 aliphatic heterocycles. The van der Waals surface area contributed by atoms with Crippen LogP contribution in [0.15, 0.2) is 53.6 Å². The fourth-order valence-corrected chi connectivity index (χ4v) is 4.48. The number of anilines is 2. The monoisotopic (exact) mass is 445 g/mol. The number of H-pyrrole nitrogens is 1. The molecule has 5 heterocycles. The van der Waals surface area contributed by atoms with Crippen molar-refractivity contribution in [3.8, 4) is 22.8 Å². The third kappa shape index (κ3) is 4.91. The number of aromatic nitrogens is 3. The van der Waals surface area contributed by atoms with Crippen LogP contribution in [0.5, 0.6) is 0 Å². The van der Waals surface area contributed by atoms with Gasteiger partial charge in [-0.05, 0) is 38.4 Å². The van der Waals surface area contributed by atoms with Gasteiger partial charge in [-0.3, -0.25) is 14.8 Å². The molecule has 2 aliphatic rings.